The first-order valence-corrected chi connectivity index (χ1v) is 14.8. The molecule has 2 heterocycles. The molecule has 3 aromatic carbocycles. The van der Waals surface area contributed by atoms with Crippen LogP contribution in [0, 0.1) is 6.92 Å². The maximum Gasteiger partial charge on any atom is 0.255 e. The van der Waals surface area contributed by atoms with Gasteiger partial charge in [0.1, 0.15) is 5.75 Å². The van der Waals surface area contributed by atoms with E-state index in [-0.39, 0.29) is 36.6 Å². The second-order valence-electron chi connectivity index (χ2n) is 10.1. The van der Waals surface area contributed by atoms with E-state index in [4.69, 9.17) is 0 Å². The van der Waals surface area contributed by atoms with Crippen molar-refractivity contribution >= 4 is 38.4 Å². The van der Waals surface area contributed by atoms with Crippen LogP contribution < -0.4 is 10.0 Å². The zero-order valence-corrected chi connectivity index (χ0v) is 23.0. The number of phenols is 1. The summed E-state index contributed by atoms with van der Waals surface area (Å²) >= 11 is 0. The number of fused-ring (bicyclic) bond motifs is 2. The van der Waals surface area contributed by atoms with Crippen LogP contribution in [0.4, 0.5) is 5.69 Å². The molecule has 206 valence electrons. The van der Waals surface area contributed by atoms with Crippen LogP contribution in [-0.2, 0) is 34.3 Å². The number of nitrogens with zero attached hydrogens (tertiary/aromatic N) is 2. The second-order valence-corrected chi connectivity index (χ2v) is 11.9. The third-order valence-corrected chi connectivity index (χ3v) is 7.54. The molecular formula is C30H30N4O5S. The summed E-state index contributed by atoms with van der Waals surface area (Å²) < 4.78 is 25.2. The summed E-state index contributed by atoms with van der Waals surface area (Å²) in [5.41, 5.74) is 5.13. The van der Waals surface area contributed by atoms with Crippen LogP contribution in [0.15, 0.2) is 72.8 Å². The third kappa shape index (κ3) is 6.23. The fourth-order valence-corrected chi connectivity index (χ4v) is 5.64. The molecule has 0 bridgehead atoms. The van der Waals surface area contributed by atoms with Crippen molar-refractivity contribution < 1.29 is 23.1 Å². The summed E-state index contributed by atoms with van der Waals surface area (Å²) in [5.74, 6) is -0.372. The number of anilines is 1. The Kier molecular flexibility index (Phi) is 7.44. The highest BCUT2D eigenvalue weighted by molar-refractivity contribution is 7.92. The molecule has 0 fully saturated rings. The minimum atomic E-state index is -3.37. The van der Waals surface area contributed by atoms with Gasteiger partial charge in [0, 0.05) is 42.3 Å². The van der Waals surface area contributed by atoms with Crippen molar-refractivity contribution in [2.45, 2.75) is 38.9 Å². The smallest absolute Gasteiger partial charge is 0.255 e. The highest BCUT2D eigenvalue weighted by Crippen LogP contribution is 2.30. The number of carbonyl (C=O) groups excluding carboxylic acids is 2. The van der Waals surface area contributed by atoms with E-state index in [0.29, 0.717) is 40.8 Å². The van der Waals surface area contributed by atoms with Crippen LogP contribution in [0.3, 0.4) is 0 Å². The largest absolute Gasteiger partial charge is 0.508 e. The molecule has 40 heavy (non-hydrogen) atoms. The monoisotopic (exact) mass is 558 g/mol. The molecule has 2 amide bonds. The predicted molar refractivity (Wildman–Crippen MR) is 153 cm³/mol. The Balaban J connectivity index is 1.36. The Morgan fingerprint density at radius 1 is 1.02 bits per heavy atom. The van der Waals surface area contributed by atoms with Gasteiger partial charge >= 0.3 is 0 Å². The lowest BCUT2D eigenvalue weighted by atomic mass is 9.91. The molecule has 5 rings (SSSR count). The molecule has 0 radical (unpaired) electrons. The molecule has 0 spiro atoms. The maximum absolute atomic E-state index is 14.0. The highest BCUT2D eigenvalue weighted by atomic mass is 32.2. The summed E-state index contributed by atoms with van der Waals surface area (Å²) in [5, 5.41) is 13.6. The summed E-state index contributed by atoms with van der Waals surface area (Å²) in [7, 11) is -3.37. The standard InChI is InChI=1S/C30H30N4O5S/c1-19-13-27(26-16-25(35)11-12-28(26)32-19)30(37)34-18-22-6-4-3-5-21(22)14-24(34)15-29(36)31-17-20-7-9-23(10-8-20)33-40(2,38)39/h3-13,16,24,33,35H,14-15,17-18H2,1-2H3,(H,31,36)/t24-/m0/s1. The number of aromatic hydroxyl groups is 1. The van der Waals surface area contributed by atoms with Crippen molar-refractivity contribution in [3.8, 4) is 5.75 Å². The van der Waals surface area contributed by atoms with Gasteiger partial charge in [-0.05, 0) is 66.4 Å². The summed E-state index contributed by atoms with van der Waals surface area (Å²) in [6, 6.07) is 20.8. The zero-order chi connectivity index (χ0) is 28.4. The number of rotatable bonds is 7. The summed E-state index contributed by atoms with van der Waals surface area (Å²) in [6.07, 6.45) is 1.73. The van der Waals surface area contributed by atoms with Gasteiger partial charge < -0.3 is 15.3 Å². The number of sulfonamides is 1. The van der Waals surface area contributed by atoms with Gasteiger partial charge in [0.15, 0.2) is 0 Å². The van der Waals surface area contributed by atoms with E-state index in [1.54, 1.807) is 53.4 Å². The minimum absolute atomic E-state index is 0.0484. The molecule has 1 aromatic heterocycles. The number of aromatic nitrogens is 1. The SMILES string of the molecule is Cc1cc(C(=O)N2Cc3ccccc3C[C@H]2CC(=O)NCc2ccc(NS(C)(=O)=O)cc2)c2cc(O)ccc2n1. The molecule has 0 aliphatic carbocycles. The lowest BCUT2D eigenvalue weighted by Crippen LogP contribution is -2.46. The van der Waals surface area contributed by atoms with Gasteiger partial charge in [0.2, 0.25) is 15.9 Å². The van der Waals surface area contributed by atoms with Gasteiger partial charge in [-0.15, -0.1) is 0 Å². The number of pyridine rings is 1. The first kappa shape index (κ1) is 27.1. The summed E-state index contributed by atoms with van der Waals surface area (Å²) in [4.78, 5) is 33.4. The van der Waals surface area contributed by atoms with Gasteiger partial charge in [-0.2, -0.15) is 0 Å². The molecule has 3 N–H and O–H groups in total. The topological polar surface area (TPSA) is 129 Å². The van der Waals surface area contributed by atoms with E-state index >= 15 is 0 Å². The first-order chi connectivity index (χ1) is 19.1. The van der Waals surface area contributed by atoms with Crippen molar-refractivity contribution in [3.63, 3.8) is 0 Å². The molecule has 1 aliphatic rings. The molecular weight excluding hydrogens is 528 g/mol. The van der Waals surface area contributed by atoms with Gasteiger partial charge in [-0.1, -0.05) is 36.4 Å². The fraction of sp³-hybridized carbons (Fsp3) is 0.233. The molecule has 4 aromatic rings. The Morgan fingerprint density at radius 3 is 2.48 bits per heavy atom. The van der Waals surface area contributed by atoms with Crippen LogP contribution in [-0.4, -0.2) is 47.5 Å². The van der Waals surface area contributed by atoms with E-state index in [9.17, 15) is 23.1 Å². The predicted octanol–water partition coefficient (Wildman–Crippen LogP) is 3.89. The van der Waals surface area contributed by atoms with E-state index in [0.717, 1.165) is 22.9 Å². The summed E-state index contributed by atoms with van der Waals surface area (Å²) in [6.45, 7) is 2.45. The van der Waals surface area contributed by atoms with Crippen molar-refractivity contribution in [2.75, 3.05) is 11.0 Å². The van der Waals surface area contributed by atoms with E-state index in [2.05, 4.69) is 15.0 Å². The molecule has 1 aliphatic heterocycles. The molecule has 10 heteroatoms. The zero-order valence-electron chi connectivity index (χ0n) is 22.2. The number of amides is 2. The van der Waals surface area contributed by atoms with E-state index in [1.807, 2.05) is 31.2 Å². The van der Waals surface area contributed by atoms with E-state index in [1.165, 1.54) is 0 Å². The quantitative estimate of drug-likeness (QED) is 0.316. The molecule has 0 saturated heterocycles. The number of aryl methyl sites for hydroxylation is 1. The number of hydrogen-bond acceptors (Lipinski definition) is 6. The minimum Gasteiger partial charge on any atom is -0.508 e. The lowest BCUT2D eigenvalue weighted by molar-refractivity contribution is -0.122. The third-order valence-electron chi connectivity index (χ3n) is 6.93. The Morgan fingerprint density at radius 2 is 1.75 bits per heavy atom. The maximum atomic E-state index is 14.0. The highest BCUT2D eigenvalue weighted by Gasteiger charge is 2.32. The van der Waals surface area contributed by atoms with Gasteiger partial charge in [-0.3, -0.25) is 19.3 Å². The molecule has 1 atom stereocenters. The average Bonchev–Trinajstić information content (AvgIpc) is 2.91. The van der Waals surface area contributed by atoms with Crippen molar-refractivity contribution in [2.24, 2.45) is 0 Å². The van der Waals surface area contributed by atoms with Gasteiger partial charge in [-0.25, -0.2) is 8.42 Å². The number of hydrogen-bond donors (Lipinski definition) is 3. The van der Waals surface area contributed by atoms with Gasteiger partial charge in [0.25, 0.3) is 5.91 Å². The Labute approximate surface area is 232 Å². The lowest BCUT2D eigenvalue weighted by Gasteiger charge is -2.37. The normalized spacial score (nSPS) is 14.9. The van der Waals surface area contributed by atoms with Crippen LogP contribution in [0.5, 0.6) is 5.75 Å². The number of carbonyl (C=O) groups is 2. The number of nitrogens with one attached hydrogen (secondary N) is 2. The Hall–Kier alpha value is -4.44. The van der Waals surface area contributed by atoms with Crippen LogP contribution >= 0.6 is 0 Å². The van der Waals surface area contributed by atoms with Crippen molar-refractivity contribution in [3.05, 3.63) is 101 Å². The second kappa shape index (κ2) is 11.0. The number of benzene rings is 3. The molecule has 9 nitrogen and oxygen atoms in total. The molecule has 0 unspecified atom stereocenters. The first-order valence-electron chi connectivity index (χ1n) is 12.9. The molecule has 0 saturated carbocycles. The van der Waals surface area contributed by atoms with Crippen LogP contribution in [0.2, 0.25) is 0 Å². The Bertz CT molecular complexity index is 1700. The fourth-order valence-electron chi connectivity index (χ4n) is 5.08. The van der Waals surface area contributed by atoms with Crippen LogP contribution in [0.25, 0.3) is 10.9 Å². The number of phenolic OH excluding ortho intramolecular Hbond substituents is 1. The van der Waals surface area contributed by atoms with Crippen molar-refractivity contribution in [1.29, 1.82) is 0 Å². The van der Waals surface area contributed by atoms with Crippen LogP contribution in [0.1, 0.15) is 39.2 Å². The van der Waals surface area contributed by atoms with Crippen molar-refractivity contribution in [1.82, 2.24) is 15.2 Å². The average molecular weight is 559 g/mol. The van der Waals surface area contributed by atoms with E-state index < -0.39 is 10.0 Å². The van der Waals surface area contributed by atoms with Gasteiger partial charge in [0.05, 0.1) is 17.3 Å².